The van der Waals surface area contributed by atoms with E-state index in [1.165, 1.54) is 6.33 Å². The van der Waals surface area contributed by atoms with E-state index in [4.69, 9.17) is 4.74 Å². The van der Waals surface area contributed by atoms with Crippen LogP contribution in [0.15, 0.2) is 46.2 Å². The SMILES string of the molecule is CSc1cc(Oc2ccccc2Br)ncn1. The Labute approximate surface area is 106 Å². The Bertz CT molecular complexity index is 493. The molecular weight excluding hydrogens is 288 g/mol. The summed E-state index contributed by atoms with van der Waals surface area (Å²) < 4.78 is 6.54. The second-order valence-electron chi connectivity index (χ2n) is 2.93. The standard InChI is InChI=1S/C11H9BrN2OS/c1-16-11-6-10(13-7-14-11)15-9-5-3-2-4-8(9)12/h2-7H,1H3. The zero-order chi connectivity index (χ0) is 11.4. The molecule has 0 radical (unpaired) electrons. The van der Waals surface area contributed by atoms with E-state index < -0.39 is 0 Å². The Kier molecular flexibility index (Phi) is 3.79. The van der Waals surface area contributed by atoms with Crippen LogP contribution in [-0.4, -0.2) is 16.2 Å². The van der Waals surface area contributed by atoms with E-state index in [9.17, 15) is 0 Å². The van der Waals surface area contributed by atoms with Crippen molar-refractivity contribution < 1.29 is 4.74 Å². The first-order chi connectivity index (χ1) is 7.79. The molecule has 0 saturated carbocycles. The van der Waals surface area contributed by atoms with Crippen molar-refractivity contribution in [2.75, 3.05) is 6.26 Å². The van der Waals surface area contributed by atoms with Crippen LogP contribution in [0.1, 0.15) is 0 Å². The summed E-state index contributed by atoms with van der Waals surface area (Å²) in [6, 6.07) is 9.46. The van der Waals surface area contributed by atoms with Gasteiger partial charge < -0.3 is 4.74 Å². The lowest BCUT2D eigenvalue weighted by atomic mass is 10.3. The van der Waals surface area contributed by atoms with E-state index in [-0.39, 0.29) is 0 Å². The minimum absolute atomic E-state index is 0.547. The van der Waals surface area contributed by atoms with Gasteiger partial charge in [-0.05, 0) is 34.3 Å². The number of benzene rings is 1. The van der Waals surface area contributed by atoms with Gasteiger partial charge >= 0.3 is 0 Å². The Hall–Kier alpha value is -1.07. The van der Waals surface area contributed by atoms with Gasteiger partial charge in [0.2, 0.25) is 5.88 Å². The third-order valence-electron chi connectivity index (χ3n) is 1.88. The molecule has 0 spiro atoms. The number of rotatable bonds is 3. The number of aromatic nitrogens is 2. The van der Waals surface area contributed by atoms with E-state index in [2.05, 4.69) is 25.9 Å². The molecule has 0 aliphatic rings. The van der Waals surface area contributed by atoms with E-state index >= 15 is 0 Å². The second kappa shape index (κ2) is 5.32. The van der Waals surface area contributed by atoms with Crippen LogP contribution in [0.2, 0.25) is 0 Å². The van der Waals surface area contributed by atoms with Crippen molar-refractivity contribution in [3.8, 4) is 11.6 Å². The molecule has 0 fully saturated rings. The fourth-order valence-corrected chi connectivity index (χ4v) is 1.87. The highest BCUT2D eigenvalue weighted by Gasteiger charge is 2.03. The average Bonchev–Trinajstić information content (AvgIpc) is 2.32. The number of halogens is 1. The minimum atomic E-state index is 0.547. The quantitative estimate of drug-likeness (QED) is 0.638. The Morgan fingerprint density at radius 3 is 2.81 bits per heavy atom. The first kappa shape index (κ1) is 11.4. The lowest BCUT2D eigenvalue weighted by Crippen LogP contribution is -1.90. The van der Waals surface area contributed by atoms with Crippen LogP contribution in [-0.2, 0) is 0 Å². The summed E-state index contributed by atoms with van der Waals surface area (Å²) in [5.74, 6) is 1.29. The topological polar surface area (TPSA) is 35.0 Å². The number of ether oxygens (including phenoxy) is 1. The highest BCUT2D eigenvalue weighted by atomic mass is 79.9. The first-order valence-corrected chi connectivity index (χ1v) is 6.60. The molecule has 16 heavy (non-hydrogen) atoms. The van der Waals surface area contributed by atoms with E-state index in [1.54, 1.807) is 11.8 Å². The second-order valence-corrected chi connectivity index (χ2v) is 4.61. The predicted octanol–water partition coefficient (Wildman–Crippen LogP) is 3.75. The molecule has 3 nitrogen and oxygen atoms in total. The number of hydrogen-bond acceptors (Lipinski definition) is 4. The van der Waals surface area contributed by atoms with Crippen LogP contribution >= 0.6 is 27.7 Å². The minimum Gasteiger partial charge on any atom is -0.438 e. The molecule has 0 aliphatic carbocycles. The van der Waals surface area contributed by atoms with Crippen LogP contribution in [0, 0.1) is 0 Å². The van der Waals surface area contributed by atoms with Gasteiger partial charge in [0, 0.05) is 6.07 Å². The smallest absolute Gasteiger partial charge is 0.223 e. The number of hydrogen-bond donors (Lipinski definition) is 0. The number of thioether (sulfide) groups is 1. The zero-order valence-corrected chi connectivity index (χ0v) is 11.0. The molecule has 0 aliphatic heterocycles. The van der Waals surface area contributed by atoms with Crippen molar-refractivity contribution >= 4 is 27.7 Å². The molecule has 2 rings (SSSR count). The van der Waals surface area contributed by atoms with Gasteiger partial charge in [-0.15, -0.1) is 11.8 Å². The number of nitrogens with zero attached hydrogens (tertiary/aromatic N) is 2. The summed E-state index contributed by atoms with van der Waals surface area (Å²) in [6.45, 7) is 0. The van der Waals surface area contributed by atoms with Crippen LogP contribution in [0.3, 0.4) is 0 Å². The third-order valence-corrected chi connectivity index (χ3v) is 3.17. The van der Waals surface area contributed by atoms with E-state index in [1.807, 2.05) is 36.6 Å². The lowest BCUT2D eigenvalue weighted by molar-refractivity contribution is 0.456. The van der Waals surface area contributed by atoms with Crippen molar-refractivity contribution in [3.05, 3.63) is 41.1 Å². The molecule has 0 N–H and O–H groups in total. The summed E-state index contributed by atoms with van der Waals surface area (Å²) in [5.41, 5.74) is 0. The average molecular weight is 297 g/mol. The van der Waals surface area contributed by atoms with Crippen molar-refractivity contribution in [2.24, 2.45) is 0 Å². The summed E-state index contributed by atoms with van der Waals surface area (Å²) >= 11 is 4.97. The molecule has 0 unspecified atom stereocenters. The molecule has 1 aromatic heterocycles. The molecule has 5 heteroatoms. The molecule has 0 saturated heterocycles. The monoisotopic (exact) mass is 296 g/mol. The van der Waals surface area contributed by atoms with Gasteiger partial charge in [0.05, 0.1) is 4.47 Å². The zero-order valence-electron chi connectivity index (χ0n) is 8.55. The maximum absolute atomic E-state index is 5.64. The van der Waals surface area contributed by atoms with Gasteiger partial charge in [0.1, 0.15) is 17.1 Å². The number of para-hydroxylation sites is 1. The summed E-state index contributed by atoms with van der Waals surface area (Å²) in [5, 5.41) is 0.886. The molecule has 1 aromatic carbocycles. The molecule has 0 atom stereocenters. The maximum Gasteiger partial charge on any atom is 0.223 e. The van der Waals surface area contributed by atoms with Gasteiger partial charge in [0.25, 0.3) is 0 Å². The van der Waals surface area contributed by atoms with Crippen molar-refractivity contribution in [1.82, 2.24) is 9.97 Å². The van der Waals surface area contributed by atoms with Crippen LogP contribution < -0.4 is 4.74 Å². The first-order valence-electron chi connectivity index (χ1n) is 4.58. The van der Waals surface area contributed by atoms with E-state index in [0.717, 1.165) is 15.2 Å². The summed E-state index contributed by atoms with van der Waals surface area (Å²) in [4.78, 5) is 8.14. The van der Waals surface area contributed by atoms with Gasteiger partial charge in [-0.3, -0.25) is 0 Å². The normalized spacial score (nSPS) is 10.1. The summed E-state index contributed by atoms with van der Waals surface area (Å²) in [6.07, 6.45) is 3.46. The molecule has 2 aromatic rings. The lowest BCUT2D eigenvalue weighted by Gasteiger charge is -2.06. The Morgan fingerprint density at radius 1 is 1.25 bits per heavy atom. The van der Waals surface area contributed by atoms with Crippen molar-refractivity contribution in [3.63, 3.8) is 0 Å². The van der Waals surface area contributed by atoms with Gasteiger partial charge in [-0.1, -0.05) is 12.1 Å². The van der Waals surface area contributed by atoms with Crippen LogP contribution in [0.4, 0.5) is 0 Å². The predicted molar refractivity (Wildman–Crippen MR) is 68.0 cm³/mol. The van der Waals surface area contributed by atoms with Crippen LogP contribution in [0.25, 0.3) is 0 Å². The summed E-state index contributed by atoms with van der Waals surface area (Å²) in [7, 11) is 0. The fourth-order valence-electron chi connectivity index (χ4n) is 1.13. The molecule has 1 heterocycles. The molecular formula is C11H9BrN2OS. The van der Waals surface area contributed by atoms with E-state index in [0.29, 0.717) is 5.88 Å². The van der Waals surface area contributed by atoms with Gasteiger partial charge in [-0.25, -0.2) is 9.97 Å². The Balaban J connectivity index is 2.24. The van der Waals surface area contributed by atoms with Crippen molar-refractivity contribution in [2.45, 2.75) is 5.03 Å². The highest BCUT2D eigenvalue weighted by Crippen LogP contribution is 2.28. The largest absolute Gasteiger partial charge is 0.438 e. The highest BCUT2D eigenvalue weighted by molar-refractivity contribution is 9.10. The molecule has 0 amide bonds. The van der Waals surface area contributed by atoms with Crippen LogP contribution in [0.5, 0.6) is 11.6 Å². The van der Waals surface area contributed by atoms with Crippen molar-refractivity contribution in [1.29, 1.82) is 0 Å². The maximum atomic E-state index is 5.64. The molecule has 82 valence electrons. The fraction of sp³-hybridized carbons (Fsp3) is 0.0909. The van der Waals surface area contributed by atoms with Gasteiger partial charge in [0.15, 0.2) is 0 Å². The third kappa shape index (κ3) is 2.74. The van der Waals surface area contributed by atoms with Gasteiger partial charge in [-0.2, -0.15) is 0 Å². The Morgan fingerprint density at radius 2 is 2.06 bits per heavy atom. The molecule has 0 bridgehead atoms.